The molecule has 0 atom stereocenters. The monoisotopic (exact) mass is 441 g/mol. The highest BCUT2D eigenvalue weighted by Crippen LogP contribution is 2.34. The van der Waals surface area contributed by atoms with Crippen LogP contribution in [0.1, 0.15) is 16.7 Å². The van der Waals surface area contributed by atoms with E-state index in [0.717, 1.165) is 27.9 Å². The van der Waals surface area contributed by atoms with Crippen molar-refractivity contribution in [2.45, 2.75) is 20.5 Å². The summed E-state index contributed by atoms with van der Waals surface area (Å²) in [5.41, 5.74) is 4.50. The Morgan fingerprint density at radius 3 is 2.60 bits per heavy atom. The van der Waals surface area contributed by atoms with Gasteiger partial charge in [-0.25, -0.2) is 14.9 Å². The minimum atomic E-state index is -0.422. The van der Waals surface area contributed by atoms with Gasteiger partial charge in [-0.15, -0.1) is 0 Å². The van der Waals surface area contributed by atoms with E-state index in [0.29, 0.717) is 21.6 Å². The summed E-state index contributed by atoms with van der Waals surface area (Å²) in [4.78, 5) is 16.3. The van der Waals surface area contributed by atoms with Crippen LogP contribution in [0.3, 0.4) is 0 Å². The van der Waals surface area contributed by atoms with Gasteiger partial charge in [-0.3, -0.25) is 0 Å². The van der Waals surface area contributed by atoms with Gasteiger partial charge in [-0.05, 0) is 65.7 Å². The molecule has 9 heteroatoms. The number of tetrazole rings is 1. The largest absolute Gasteiger partial charge is 0.487 e. The summed E-state index contributed by atoms with van der Waals surface area (Å²) in [6, 6.07) is 14.7. The number of aromatic nitrogens is 5. The van der Waals surface area contributed by atoms with Crippen LogP contribution in [-0.2, 0) is 6.61 Å². The molecule has 0 fully saturated rings. The van der Waals surface area contributed by atoms with E-state index in [-0.39, 0.29) is 6.61 Å². The van der Waals surface area contributed by atoms with E-state index >= 15 is 0 Å². The number of ether oxygens (including phenoxy) is 1. The van der Waals surface area contributed by atoms with Crippen LogP contribution in [0, 0.1) is 13.8 Å². The average molecular weight is 442 g/mol. The molecule has 0 radical (unpaired) electrons. The maximum Gasteiger partial charge on any atom is 0.365 e. The molecule has 0 saturated carbocycles. The van der Waals surface area contributed by atoms with Gasteiger partial charge in [0.1, 0.15) is 17.5 Å². The second kappa shape index (κ2) is 8.30. The smallest absolute Gasteiger partial charge is 0.365 e. The van der Waals surface area contributed by atoms with E-state index < -0.39 is 5.69 Å². The molecule has 2 heterocycles. The first-order chi connectivity index (χ1) is 14.4. The van der Waals surface area contributed by atoms with Crippen molar-refractivity contribution >= 4 is 23.2 Å². The van der Waals surface area contributed by atoms with Gasteiger partial charge < -0.3 is 4.74 Å². The molecule has 4 aromatic rings. The molecular formula is C21H17Cl2N5O2. The van der Waals surface area contributed by atoms with Gasteiger partial charge in [0.05, 0.1) is 16.4 Å². The zero-order valence-corrected chi connectivity index (χ0v) is 17.7. The Hall–Kier alpha value is -3.16. The Bertz CT molecular complexity index is 1280. The highest BCUT2D eigenvalue weighted by molar-refractivity contribution is 6.32. The van der Waals surface area contributed by atoms with Crippen molar-refractivity contribution in [1.29, 1.82) is 0 Å². The van der Waals surface area contributed by atoms with Crippen molar-refractivity contribution in [1.82, 2.24) is 25.2 Å². The van der Waals surface area contributed by atoms with E-state index in [1.807, 2.05) is 50.2 Å². The third-order valence-corrected chi connectivity index (χ3v) is 5.23. The fourth-order valence-corrected chi connectivity index (χ4v) is 3.56. The summed E-state index contributed by atoms with van der Waals surface area (Å²) in [6.45, 7) is 4.10. The quantitative estimate of drug-likeness (QED) is 0.460. The molecule has 30 heavy (non-hydrogen) atoms. The fourth-order valence-electron chi connectivity index (χ4n) is 3.18. The van der Waals surface area contributed by atoms with Gasteiger partial charge in [-0.2, -0.15) is 4.68 Å². The van der Waals surface area contributed by atoms with E-state index in [1.54, 1.807) is 12.1 Å². The third kappa shape index (κ3) is 3.94. The number of benzene rings is 2. The fraction of sp³-hybridized carbons (Fsp3) is 0.143. The maximum atomic E-state index is 12.0. The van der Waals surface area contributed by atoms with Crippen molar-refractivity contribution in [3.05, 3.63) is 85.9 Å². The van der Waals surface area contributed by atoms with Crippen molar-refractivity contribution in [2.75, 3.05) is 0 Å². The van der Waals surface area contributed by atoms with Gasteiger partial charge in [0.15, 0.2) is 0 Å². The molecule has 152 valence electrons. The van der Waals surface area contributed by atoms with Crippen LogP contribution in [0.4, 0.5) is 0 Å². The molecular weight excluding hydrogens is 425 g/mol. The number of nitrogens with zero attached hydrogens (tertiary/aromatic N) is 4. The summed E-state index contributed by atoms with van der Waals surface area (Å²) in [6.07, 6.45) is 0. The lowest BCUT2D eigenvalue weighted by Crippen LogP contribution is -2.18. The van der Waals surface area contributed by atoms with Gasteiger partial charge in [0.2, 0.25) is 0 Å². The molecule has 2 aromatic heterocycles. The Labute approximate surface area is 182 Å². The molecule has 0 amide bonds. The predicted molar refractivity (Wildman–Crippen MR) is 115 cm³/mol. The molecule has 0 unspecified atom stereocenters. The van der Waals surface area contributed by atoms with Crippen molar-refractivity contribution in [3.63, 3.8) is 0 Å². The number of hydrogen-bond acceptors (Lipinski definition) is 5. The first-order valence-corrected chi connectivity index (χ1v) is 9.85. The number of aromatic amines is 1. The zero-order valence-electron chi connectivity index (χ0n) is 16.2. The molecule has 0 saturated heterocycles. The Morgan fingerprint density at radius 1 is 1.07 bits per heavy atom. The van der Waals surface area contributed by atoms with Crippen LogP contribution in [0.25, 0.3) is 16.9 Å². The van der Waals surface area contributed by atoms with Gasteiger partial charge in [0, 0.05) is 11.1 Å². The first kappa shape index (κ1) is 20.1. The van der Waals surface area contributed by atoms with E-state index in [4.69, 9.17) is 27.9 Å². The third-order valence-electron chi connectivity index (χ3n) is 4.73. The Morgan fingerprint density at radius 2 is 1.87 bits per heavy atom. The molecule has 4 rings (SSSR count). The molecule has 2 aromatic carbocycles. The molecule has 1 N–H and O–H groups in total. The summed E-state index contributed by atoms with van der Waals surface area (Å²) < 4.78 is 7.23. The molecule has 0 spiro atoms. The lowest BCUT2D eigenvalue weighted by molar-refractivity contribution is 0.305. The minimum absolute atomic E-state index is 0.204. The van der Waals surface area contributed by atoms with Crippen LogP contribution in [0.5, 0.6) is 5.75 Å². The van der Waals surface area contributed by atoms with Crippen LogP contribution in [0.2, 0.25) is 10.2 Å². The zero-order chi connectivity index (χ0) is 21.3. The lowest BCUT2D eigenvalue weighted by atomic mass is 10.0. The minimum Gasteiger partial charge on any atom is -0.487 e. The number of nitrogens with one attached hydrogen (secondary N) is 1. The van der Waals surface area contributed by atoms with E-state index in [1.165, 1.54) is 4.68 Å². The van der Waals surface area contributed by atoms with Gasteiger partial charge in [-0.1, -0.05) is 41.4 Å². The average Bonchev–Trinajstić information content (AvgIpc) is 3.14. The van der Waals surface area contributed by atoms with Crippen LogP contribution in [0.15, 0.2) is 53.3 Å². The number of H-pyrrole nitrogens is 1. The number of hydrogen-bond donors (Lipinski definition) is 1. The maximum absolute atomic E-state index is 12.0. The van der Waals surface area contributed by atoms with E-state index in [2.05, 4.69) is 20.5 Å². The summed E-state index contributed by atoms with van der Waals surface area (Å²) in [5.74, 6) is 0.529. The Kier molecular flexibility index (Phi) is 5.57. The van der Waals surface area contributed by atoms with Gasteiger partial charge in [0.25, 0.3) is 0 Å². The number of pyridine rings is 1. The second-order valence-electron chi connectivity index (χ2n) is 6.72. The summed E-state index contributed by atoms with van der Waals surface area (Å²) in [5, 5.41) is 10.5. The predicted octanol–water partition coefficient (Wildman–Crippen LogP) is 4.52. The highest BCUT2D eigenvalue weighted by Gasteiger charge is 2.15. The van der Waals surface area contributed by atoms with Crippen LogP contribution < -0.4 is 10.4 Å². The van der Waals surface area contributed by atoms with Crippen molar-refractivity contribution < 1.29 is 4.74 Å². The van der Waals surface area contributed by atoms with Crippen molar-refractivity contribution in [2.24, 2.45) is 0 Å². The lowest BCUT2D eigenvalue weighted by Gasteiger charge is -2.15. The second-order valence-corrected chi connectivity index (χ2v) is 7.52. The number of rotatable bonds is 5. The number of halogens is 2. The highest BCUT2D eigenvalue weighted by atomic mass is 35.5. The van der Waals surface area contributed by atoms with E-state index in [9.17, 15) is 4.79 Å². The first-order valence-electron chi connectivity index (χ1n) is 9.09. The Balaban J connectivity index is 1.65. The molecule has 0 bridgehead atoms. The molecule has 0 aliphatic heterocycles. The number of aryl methyl sites for hydroxylation is 2. The SMILES string of the molecule is Cc1cc(OCc2c(C)cccc2-n2nn[nH]c2=O)c(Cl)cc1-c1cccc(Cl)n1. The molecule has 7 nitrogen and oxygen atoms in total. The summed E-state index contributed by atoms with van der Waals surface area (Å²) in [7, 11) is 0. The molecule has 0 aliphatic carbocycles. The topological polar surface area (TPSA) is 85.7 Å². The van der Waals surface area contributed by atoms with Gasteiger partial charge >= 0.3 is 5.69 Å². The van der Waals surface area contributed by atoms with Crippen LogP contribution >= 0.6 is 23.2 Å². The van der Waals surface area contributed by atoms with Crippen molar-refractivity contribution in [3.8, 4) is 22.7 Å². The summed E-state index contributed by atoms with van der Waals surface area (Å²) >= 11 is 12.5. The van der Waals surface area contributed by atoms with Crippen LogP contribution in [-0.4, -0.2) is 25.2 Å². The normalized spacial score (nSPS) is 10.9. The standard InChI is InChI=1S/C21H17Cl2N5O2/c1-12-5-3-7-18(28-21(29)25-26-27-28)15(12)11-30-19-9-13(2)14(10-16(19)22)17-6-4-8-20(23)24-17/h3-10H,11H2,1-2H3,(H,25,27,29). The molecule has 0 aliphatic rings.